The van der Waals surface area contributed by atoms with Crippen LogP contribution in [0, 0.1) is 12.3 Å². The fourth-order valence-electron chi connectivity index (χ4n) is 5.63. The van der Waals surface area contributed by atoms with Crippen LogP contribution < -0.4 is 0 Å². The van der Waals surface area contributed by atoms with Crippen molar-refractivity contribution >= 4 is 5.91 Å². The molecule has 1 amide bonds. The first-order valence-electron chi connectivity index (χ1n) is 10.7. The third kappa shape index (κ3) is 2.96. The summed E-state index contributed by atoms with van der Waals surface area (Å²) in [7, 11) is 0. The molecular formula is C25H27N3O2. The van der Waals surface area contributed by atoms with E-state index in [0.717, 1.165) is 42.5 Å². The van der Waals surface area contributed by atoms with E-state index in [1.54, 1.807) is 0 Å². The Morgan fingerprint density at radius 1 is 1.13 bits per heavy atom. The van der Waals surface area contributed by atoms with Crippen LogP contribution in [0.5, 0.6) is 0 Å². The molecule has 1 aromatic heterocycles. The van der Waals surface area contributed by atoms with Gasteiger partial charge in [-0.25, -0.2) is 0 Å². The summed E-state index contributed by atoms with van der Waals surface area (Å²) in [6, 6.07) is 20.5. The summed E-state index contributed by atoms with van der Waals surface area (Å²) in [6.45, 7) is 2.06. The zero-order valence-corrected chi connectivity index (χ0v) is 17.2. The van der Waals surface area contributed by atoms with Crippen LogP contribution in [0.1, 0.15) is 40.9 Å². The van der Waals surface area contributed by atoms with E-state index in [9.17, 15) is 9.90 Å². The summed E-state index contributed by atoms with van der Waals surface area (Å²) in [4.78, 5) is 15.6. The first-order chi connectivity index (χ1) is 14.6. The lowest BCUT2D eigenvalue weighted by atomic mass is 9.70. The van der Waals surface area contributed by atoms with Gasteiger partial charge in [-0.05, 0) is 38.2 Å². The molecule has 2 bridgehead atoms. The van der Waals surface area contributed by atoms with E-state index in [1.807, 2.05) is 60.4 Å². The molecule has 154 valence electrons. The van der Waals surface area contributed by atoms with Crippen molar-refractivity contribution in [2.24, 2.45) is 5.41 Å². The van der Waals surface area contributed by atoms with Crippen LogP contribution in [0.3, 0.4) is 0 Å². The summed E-state index contributed by atoms with van der Waals surface area (Å²) in [5.74, 6) is 0.0121. The normalized spacial score (nSPS) is 25.1. The zero-order chi connectivity index (χ0) is 20.7. The molecule has 0 spiro atoms. The molecular weight excluding hydrogens is 374 g/mol. The average Bonchev–Trinajstić information content (AvgIpc) is 3.46. The minimum Gasteiger partial charge on any atom is -0.396 e. The minimum absolute atomic E-state index is 0.0121. The highest BCUT2D eigenvalue weighted by molar-refractivity contribution is 5.96. The number of aromatic amines is 1. The van der Waals surface area contributed by atoms with Crippen molar-refractivity contribution < 1.29 is 9.90 Å². The van der Waals surface area contributed by atoms with Crippen LogP contribution in [-0.2, 0) is 6.42 Å². The second kappa shape index (κ2) is 7.40. The number of H-pyrrole nitrogens is 1. The Labute approximate surface area is 176 Å². The number of aromatic nitrogens is 2. The maximum Gasteiger partial charge on any atom is 0.272 e. The Kier molecular flexibility index (Phi) is 4.70. The monoisotopic (exact) mass is 401 g/mol. The van der Waals surface area contributed by atoms with Gasteiger partial charge in [0.2, 0.25) is 0 Å². The van der Waals surface area contributed by atoms with Gasteiger partial charge in [-0.1, -0.05) is 60.7 Å². The lowest BCUT2D eigenvalue weighted by Crippen LogP contribution is -2.44. The van der Waals surface area contributed by atoms with E-state index in [1.165, 1.54) is 5.56 Å². The van der Waals surface area contributed by atoms with Crippen LogP contribution in [0.25, 0.3) is 11.3 Å². The quantitative estimate of drug-likeness (QED) is 0.679. The first kappa shape index (κ1) is 19.1. The Morgan fingerprint density at radius 2 is 1.83 bits per heavy atom. The fraction of sp³-hybridized carbons (Fsp3) is 0.360. The largest absolute Gasteiger partial charge is 0.396 e. The summed E-state index contributed by atoms with van der Waals surface area (Å²) in [5.41, 5.74) is 4.23. The maximum atomic E-state index is 13.6. The van der Waals surface area contributed by atoms with Crippen LogP contribution in [0.15, 0.2) is 60.7 Å². The van der Waals surface area contributed by atoms with Gasteiger partial charge < -0.3 is 10.0 Å². The first-order valence-corrected chi connectivity index (χ1v) is 10.7. The molecule has 3 aromatic rings. The van der Waals surface area contributed by atoms with Gasteiger partial charge in [-0.15, -0.1) is 0 Å². The Bertz CT molecular complexity index is 1050. The SMILES string of the molecule is Cc1c(-c2ccccc2)n[nH]c1C(=O)N1[C@H]2CC[C@@H]1[C@@](CO)(Cc1ccccc1)C2. The van der Waals surface area contributed by atoms with Gasteiger partial charge in [-0.3, -0.25) is 9.89 Å². The molecule has 2 N–H and O–H groups in total. The van der Waals surface area contributed by atoms with E-state index in [4.69, 9.17) is 0 Å². The van der Waals surface area contributed by atoms with Crippen molar-refractivity contribution in [1.82, 2.24) is 15.1 Å². The van der Waals surface area contributed by atoms with E-state index >= 15 is 0 Å². The van der Waals surface area contributed by atoms with Gasteiger partial charge in [0.15, 0.2) is 0 Å². The molecule has 2 aliphatic rings. The molecule has 5 heteroatoms. The highest BCUT2D eigenvalue weighted by atomic mass is 16.3. The van der Waals surface area contributed by atoms with Crippen molar-refractivity contribution in [3.8, 4) is 11.3 Å². The molecule has 2 aliphatic heterocycles. The number of carbonyl (C=O) groups excluding carboxylic acids is 1. The molecule has 0 saturated carbocycles. The summed E-state index contributed by atoms with van der Waals surface area (Å²) >= 11 is 0. The zero-order valence-electron chi connectivity index (χ0n) is 17.2. The molecule has 2 saturated heterocycles. The predicted molar refractivity (Wildman–Crippen MR) is 116 cm³/mol. The molecule has 5 nitrogen and oxygen atoms in total. The number of hydrogen-bond donors (Lipinski definition) is 2. The third-order valence-electron chi connectivity index (χ3n) is 7.07. The van der Waals surface area contributed by atoms with Gasteiger partial charge in [-0.2, -0.15) is 5.10 Å². The van der Waals surface area contributed by atoms with Crippen LogP contribution in [-0.4, -0.2) is 44.8 Å². The lowest BCUT2D eigenvalue weighted by Gasteiger charge is -2.36. The van der Waals surface area contributed by atoms with Crippen LogP contribution >= 0.6 is 0 Å². The molecule has 30 heavy (non-hydrogen) atoms. The van der Waals surface area contributed by atoms with E-state index in [-0.39, 0.29) is 30.0 Å². The van der Waals surface area contributed by atoms with Gasteiger partial charge >= 0.3 is 0 Å². The molecule has 0 radical (unpaired) electrons. The standard InChI is InChI=1S/C25H27N3O2/c1-17-22(19-10-6-3-7-11-19)26-27-23(17)24(30)28-20-12-13-21(28)25(15-20,16-29)14-18-8-4-2-5-9-18/h2-11,20-21,29H,12-16H2,1H3,(H,26,27)/t20-,21+,25-/m0/s1. The second-order valence-corrected chi connectivity index (χ2v) is 8.78. The summed E-state index contributed by atoms with van der Waals surface area (Å²) < 4.78 is 0. The molecule has 3 atom stereocenters. The highest BCUT2D eigenvalue weighted by Crippen LogP contribution is 2.51. The number of rotatable bonds is 5. The van der Waals surface area contributed by atoms with E-state index < -0.39 is 0 Å². The second-order valence-electron chi connectivity index (χ2n) is 8.78. The van der Waals surface area contributed by atoms with Gasteiger partial charge in [0, 0.05) is 28.6 Å². The van der Waals surface area contributed by atoms with Crippen molar-refractivity contribution in [3.63, 3.8) is 0 Å². The molecule has 2 aromatic carbocycles. The number of benzene rings is 2. The Hall–Kier alpha value is -2.92. The molecule has 2 fully saturated rings. The number of carbonyl (C=O) groups is 1. The number of nitrogens with one attached hydrogen (secondary N) is 1. The molecule has 0 unspecified atom stereocenters. The highest BCUT2D eigenvalue weighted by Gasteiger charge is 2.57. The van der Waals surface area contributed by atoms with Crippen molar-refractivity contribution in [2.45, 2.75) is 44.7 Å². The fourth-order valence-corrected chi connectivity index (χ4v) is 5.63. The Balaban J connectivity index is 1.44. The van der Waals surface area contributed by atoms with Crippen molar-refractivity contribution in [2.75, 3.05) is 6.61 Å². The topological polar surface area (TPSA) is 69.2 Å². The van der Waals surface area contributed by atoms with Gasteiger partial charge in [0.1, 0.15) is 5.69 Å². The Morgan fingerprint density at radius 3 is 2.53 bits per heavy atom. The summed E-state index contributed by atoms with van der Waals surface area (Å²) in [6.07, 6.45) is 3.61. The number of fused-ring (bicyclic) bond motifs is 2. The lowest BCUT2D eigenvalue weighted by molar-refractivity contribution is 0.0566. The van der Waals surface area contributed by atoms with E-state index in [0.29, 0.717) is 5.69 Å². The third-order valence-corrected chi connectivity index (χ3v) is 7.07. The minimum atomic E-state index is -0.268. The van der Waals surface area contributed by atoms with Crippen molar-refractivity contribution in [3.05, 3.63) is 77.5 Å². The average molecular weight is 402 g/mol. The van der Waals surface area contributed by atoms with Crippen molar-refractivity contribution in [1.29, 1.82) is 0 Å². The number of hydrogen-bond acceptors (Lipinski definition) is 3. The van der Waals surface area contributed by atoms with Gasteiger partial charge in [0.05, 0.1) is 12.3 Å². The van der Waals surface area contributed by atoms with Crippen LogP contribution in [0.2, 0.25) is 0 Å². The maximum absolute atomic E-state index is 13.6. The molecule has 5 rings (SSSR count). The summed E-state index contributed by atoms with van der Waals surface area (Å²) in [5, 5.41) is 17.9. The smallest absolute Gasteiger partial charge is 0.272 e. The predicted octanol–water partition coefficient (Wildman–Crippen LogP) is 3.98. The van der Waals surface area contributed by atoms with Gasteiger partial charge in [0.25, 0.3) is 5.91 Å². The molecule has 0 aliphatic carbocycles. The van der Waals surface area contributed by atoms with Crippen LogP contribution in [0.4, 0.5) is 0 Å². The molecule has 3 heterocycles. The van der Waals surface area contributed by atoms with E-state index in [2.05, 4.69) is 22.3 Å². The number of nitrogens with zero attached hydrogens (tertiary/aromatic N) is 2. The number of amides is 1. The number of aliphatic hydroxyl groups is 1. The number of aliphatic hydroxyl groups excluding tert-OH is 1.